The Morgan fingerprint density at radius 1 is 1.23 bits per heavy atom. The molecule has 0 bridgehead atoms. The van der Waals surface area contributed by atoms with Crippen molar-refractivity contribution < 1.29 is 9.05 Å². The summed E-state index contributed by atoms with van der Waals surface area (Å²) >= 11 is 0. The summed E-state index contributed by atoms with van der Waals surface area (Å²) in [7, 11) is 0. The molecule has 0 saturated carbocycles. The van der Waals surface area contributed by atoms with Crippen molar-refractivity contribution in [2.45, 2.75) is 58.3 Å². The van der Waals surface area contributed by atoms with Crippen LogP contribution < -0.4 is 4.90 Å². The van der Waals surface area contributed by atoms with Crippen LogP contribution >= 0.6 is 0 Å². The minimum Gasteiger partial charge on any atom is -0.339 e. The summed E-state index contributed by atoms with van der Waals surface area (Å²) in [6, 6.07) is 0. The number of rotatable bonds is 5. The molecule has 0 amide bonds. The molecular weight excluding hydrogens is 282 g/mol. The van der Waals surface area contributed by atoms with Gasteiger partial charge < -0.3 is 13.9 Å². The molecule has 1 aliphatic rings. The average molecular weight is 305 g/mol. The van der Waals surface area contributed by atoms with Crippen LogP contribution in [-0.2, 0) is 6.42 Å². The molecule has 0 spiro atoms. The Morgan fingerprint density at radius 3 is 2.82 bits per heavy atom. The van der Waals surface area contributed by atoms with E-state index in [0.29, 0.717) is 11.8 Å². The summed E-state index contributed by atoms with van der Waals surface area (Å²) in [5, 5.41) is 8.16. The van der Waals surface area contributed by atoms with E-state index in [0.717, 1.165) is 50.5 Å². The van der Waals surface area contributed by atoms with Crippen molar-refractivity contribution >= 4 is 5.95 Å². The van der Waals surface area contributed by atoms with Crippen molar-refractivity contribution in [1.82, 2.24) is 20.3 Å². The molecule has 1 aliphatic heterocycles. The zero-order chi connectivity index (χ0) is 15.5. The molecule has 0 aliphatic carbocycles. The molecule has 1 saturated heterocycles. The van der Waals surface area contributed by atoms with Gasteiger partial charge in [0.15, 0.2) is 5.82 Å². The highest BCUT2D eigenvalue weighted by Gasteiger charge is 2.28. The lowest BCUT2D eigenvalue weighted by Gasteiger charge is -2.29. The maximum absolute atomic E-state index is 5.44. The highest BCUT2D eigenvalue weighted by molar-refractivity contribution is 5.30. The van der Waals surface area contributed by atoms with E-state index in [1.165, 1.54) is 0 Å². The summed E-state index contributed by atoms with van der Waals surface area (Å²) in [4.78, 5) is 11.1. The summed E-state index contributed by atoms with van der Waals surface area (Å²) in [6.07, 6.45) is 3.94. The SMILES string of the molecule is CCCc1nc(N2CCC[C@@H](c3nc(C(C)C)no3)C2)no1. The molecule has 7 heteroatoms. The van der Waals surface area contributed by atoms with Crippen LogP contribution in [0.3, 0.4) is 0 Å². The first kappa shape index (κ1) is 15.0. The molecule has 7 nitrogen and oxygen atoms in total. The minimum atomic E-state index is 0.238. The maximum Gasteiger partial charge on any atom is 0.266 e. The van der Waals surface area contributed by atoms with Crippen LogP contribution in [0.5, 0.6) is 0 Å². The van der Waals surface area contributed by atoms with Gasteiger partial charge in [0.25, 0.3) is 5.95 Å². The number of nitrogens with zero attached hydrogens (tertiary/aromatic N) is 5. The van der Waals surface area contributed by atoms with Crippen LogP contribution in [0, 0.1) is 0 Å². The van der Waals surface area contributed by atoms with Crippen molar-refractivity contribution in [3.8, 4) is 0 Å². The van der Waals surface area contributed by atoms with Crippen molar-refractivity contribution in [3.05, 3.63) is 17.6 Å². The van der Waals surface area contributed by atoms with E-state index in [1.807, 2.05) is 0 Å². The molecule has 2 aromatic rings. The van der Waals surface area contributed by atoms with Crippen molar-refractivity contribution in [2.75, 3.05) is 18.0 Å². The quantitative estimate of drug-likeness (QED) is 0.840. The van der Waals surface area contributed by atoms with Gasteiger partial charge in [-0.2, -0.15) is 9.97 Å². The second kappa shape index (κ2) is 6.46. The second-order valence-corrected chi connectivity index (χ2v) is 6.17. The van der Waals surface area contributed by atoms with E-state index in [-0.39, 0.29) is 11.8 Å². The third kappa shape index (κ3) is 3.13. The molecule has 0 N–H and O–H groups in total. The molecule has 1 atom stereocenters. The van der Waals surface area contributed by atoms with Crippen LogP contribution in [0.4, 0.5) is 5.95 Å². The van der Waals surface area contributed by atoms with E-state index in [4.69, 9.17) is 9.05 Å². The van der Waals surface area contributed by atoms with E-state index in [1.54, 1.807) is 0 Å². The fourth-order valence-corrected chi connectivity index (χ4v) is 2.70. The zero-order valence-corrected chi connectivity index (χ0v) is 13.4. The fourth-order valence-electron chi connectivity index (χ4n) is 2.70. The lowest BCUT2D eigenvalue weighted by molar-refractivity contribution is 0.327. The lowest BCUT2D eigenvalue weighted by Crippen LogP contribution is -2.35. The third-order valence-corrected chi connectivity index (χ3v) is 3.95. The van der Waals surface area contributed by atoms with Crippen molar-refractivity contribution in [3.63, 3.8) is 0 Å². The number of hydrogen-bond donors (Lipinski definition) is 0. The van der Waals surface area contributed by atoms with E-state index >= 15 is 0 Å². The lowest BCUT2D eigenvalue weighted by atomic mass is 9.98. The second-order valence-electron chi connectivity index (χ2n) is 6.17. The first-order valence-electron chi connectivity index (χ1n) is 8.08. The van der Waals surface area contributed by atoms with E-state index in [9.17, 15) is 0 Å². The predicted molar refractivity (Wildman–Crippen MR) is 80.9 cm³/mol. The molecule has 22 heavy (non-hydrogen) atoms. The van der Waals surface area contributed by atoms with Gasteiger partial charge in [-0.15, -0.1) is 0 Å². The van der Waals surface area contributed by atoms with Crippen LogP contribution in [0.2, 0.25) is 0 Å². The number of hydrogen-bond acceptors (Lipinski definition) is 7. The molecule has 1 fully saturated rings. The molecule has 0 aromatic carbocycles. The predicted octanol–water partition coefficient (Wildman–Crippen LogP) is 2.91. The molecule has 0 unspecified atom stereocenters. The van der Waals surface area contributed by atoms with Gasteiger partial charge in [0.1, 0.15) is 0 Å². The van der Waals surface area contributed by atoms with Crippen LogP contribution in [0.15, 0.2) is 9.05 Å². The molecule has 0 radical (unpaired) electrons. The Labute approximate surface area is 130 Å². The topological polar surface area (TPSA) is 81.1 Å². The fraction of sp³-hybridized carbons (Fsp3) is 0.733. The van der Waals surface area contributed by atoms with Gasteiger partial charge in [0.2, 0.25) is 11.8 Å². The molecule has 3 rings (SSSR count). The van der Waals surface area contributed by atoms with Gasteiger partial charge >= 0.3 is 0 Å². The largest absolute Gasteiger partial charge is 0.339 e. The van der Waals surface area contributed by atoms with Crippen molar-refractivity contribution in [2.24, 2.45) is 0 Å². The Balaban J connectivity index is 1.70. The van der Waals surface area contributed by atoms with Crippen LogP contribution in [0.1, 0.15) is 69.5 Å². The third-order valence-electron chi connectivity index (χ3n) is 3.95. The number of aryl methyl sites for hydroxylation is 1. The number of aromatic nitrogens is 4. The standard InChI is InChI=1S/C15H23N5O2/c1-4-6-12-16-15(19-21-12)20-8-5-7-11(9-20)14-17-13(10(2)3)18-22-14/h10-11H,4-9H2,1-3H3/t11-/m1/s1. The van der Waals surface area contributed by atoms with E-state index in [2.05, 4.69) is 46.0 Å². The summed E-state index contributed by atoms with van der Waals surface area (Å²) in [5.41, 5.74) is 0. The molecule has 3 heterocycles. The zero-order valence-electron chi connectivity index (χ0n) is 13.4. The Hall–Kier alpha value is -1.92. The van der Waals surface area contributed by atoms with Gasteiger partial charge in [0, 0.05) is 25.4 Å². The summed E-state index contributed by atoms with van der Waals surface area (Å²) in [5.74, 6) is 3.41. The maximum atomic E-state index is 5.44. The Kier molecular flexibility index (Phi) is 4.40. The minimum absolute atomic E-state index is 0.238. The number of anilines is 1. The number of piperidine rings is 1. The first-order valence-corrected chi connectivity index (χ1v) is 8.08. The highest BCUT2D eigenvalue weighted by Crippen LogP contribution is 2.28. The monoisotopic (exact) mass is 305 g/mol. The van der Waals surface area contributed by atoms with Crippen molar-refractivity contribution in [1.29, 1.82) is 0 Å². The van der Waals surface area contributed by atoms with Crippen LogP contribution in [0.25, 0.3) is 0 Å². The molecular formula is C15H23N5O2. The van der Waals surface area contributed by atoms with Gasteiger partial charge in [-0.3, -0.25) is 0 Å². The van der Waals surface area contributed by atoms with Crippen LogP contribution in [-0.4, -0.2) is 33.4 Å². The molecule has 2 aromatic heterocycles. The van der Waals surface area contributed by atoms with Gasteiger partial charge in [-0.05, 0) is 24.4 Å². The normalized spacial score (nSPS) is 19.1. The Morgan fingerprint density at radius 2 is 2.09 bits per heavy atom. The van der Waals surface area contributed by atoms with Gasteiger partial charge in [0.05, 0.1) is 5.92 Å². The molecule has 120 valence electrons. The summed E-state index contributed by atoms with van der Waals surface area (Å²) in [6.45, 7) is 7.97. The van der Waals surface area contributed by atoms with Gasteiger partial charge in [-0.1, -0.05) is 25.9 Å². The smallest absolute Gasteiger partial charge is 0.266 e. The highest BCUT2D eigenvalue weighted by atomic mass is 16.5. The van der Waals surface area contributed by atoms with E-state index < -0.39 is 0 Å². The first-order chi connectivity index (χ1) is 10.7. The Bertz CT molecular complexity index is 607. The average Bonchev–Trinajstić information content (AvgIpc) is 3.17. The van der Waals surface area contributed by atoms with Gasteiger partial charge in [-0.25, -0.2) is 0 Å². The summed E-state index contributed by atoms with van der Waals surface area (Å²) < 4.78 is 10.7.